The quantitative estimate of drug-likeness (QED) is 0.812. The number of likely N-dealkylation sites (N-methyl/N-ethyl adjacent to an activating group) is 1. The highest BCUT2D eigenvalue weighted by atomic mass is 16.5. The van der Waals surface area contributed by atoms with Crippen molar-refractivity contribution in [2.24, 2.45) is 0 Å². The molecule has 1 aromatic rings. The number of nitrogens with zero attached hydrogens (tertiary/aromatic N) is 1. The smallest absolute Gasteiger partial charge is 0.250 e. The minimum Gasteiger partial charge on any atom is -0.362 e. The molecule has 2 amide bonds. The van der Waals surface area contributed by atoms with E-state index in [-0.39, 0.29) is 25.0 Å². The number of ether oxygens (including phenoxy) is 1. The zero-order chi connectivity index (χ0) is 14.1. The molecule has 0 saturated heterocycles. The molecule has 0 aliphatic heterocycles. The van der Waals surface area contributed by atoms with E-state index >= 15 is 0 Å². The maximum absolute atomic E-state index is 11.6. The molecule has 1 N–H and O–H groups in total. The molecule has 0 spiro atoms. The minimum atomic E-state index is -0.265. The summed E-state index contributed by atoms with van der Waals surface area (Å²) in [5.41, 5.74) is 0.714. The Hall–Kier alpha value is -1.88. The van der Waals surface area contributed by atoms with Crippen LogP contribution < -0.4 is 5.32 Å². The van der Waals surface area contributed by atoms with E-state index in [0.29, 0.717) is 18.8 Å². The molecule has 1 aromatic carbocycles. The number of rotatable bonds is 7. The fraction of sp³-hybridized carbons (Fsp3) is 0.429. The SMILES string of the molecule is CCN(CC)C(=O)COCC(=O)Nc1ccccc1. The van der Waals surface area contributed by atoms with Gasteiger partial charge in [-0.05, 0) is 26.0 Å². The van der Waals surface area contributed by atoms with E-state index < -0.39 is 0 Å². The van der Waals surface area contributed by atoms with Crippen molar-refractivity contribution in [1.82, 2.24) is 4.90 Å². The molecule has 5 nitrogen and oxygen atoms in total. The summed E-state index contributed by atoms with van der Waals surface area (Å²) in [6, 6.07) is 9.12. The Morgan fingerprint density at radius 2 is 1.74 bits per heavy atom. The highest BCUT2D eigenvalue weighted by molar-refractivity contribution is 5.91. The van der Waals surface area contributed by atoms with Crippen LogP contribution in [0.5, 0.6) is 0 Å². The molecule has 19 heavy (non-hydrogen) atoms. The second kappa shape index (κ2) is 8.26. The molecule has 0 fully saturated rings. The first-order valence-corrected chi connectivity index (χ1v) is 6.37. The lowest BCUT2D eigenvalue weighted by atomic mass is 10.3. The Bertz CT molecular complexity index is 402. The summed E-state index contributed by atoms with van der Waals surface area (Å²) in [6.45, 7) is 4.92. The third-order valence-corrected chi connectivity index (χ3v) is 2.63. The molecule has 0 radical (unpaired) electrons. The first kappa shape index (κ1) is 15.2. The zero-order valence-electron chi connectivity index (χ0n) is 11.4. The van der Waals surface area contributed by atoms with Gasteiger partial charge in [-0.3, -0.25) is 9.59 Å². The molecular weight excluding hydrogens is 244 g/mol. The second-order valence-corrected chi connectivity index (χ2v) is 3.97. The highest BCUT2D eigenvalue weighted by Gasteiger charge is 2.10. The highest BCUT2D eigenvalue weighted by Crippen LogP contribution is 2.04. The van der Waals surface area contributed by atoms with Gasteiger partial charge in [0.05, 0.1) is 0 Å². The molecule has 1 rings (SSSR count). The number of benzene rings is 1. The molecule has 5 heteroatoms. The van der Waals surface area contributed by atoms with Crippen LogP contribution in [0.4, 0.5) is 5.69 Å². The van der Waals surface area contributed by atoms with E-state index in [9.17, 15) is 9.59 Å². The predicted molar refractivity (Wildman–Crippen MR) is 73.8 cm³/mol. The van der Waals surface area contributed by atoms with E-state index in [1.165, 1.54) is 0 Å². The third kappa shape index (κ3) is 5.52. The van der Waals surface area contributed by atoms with Gasteiger partial charge in [-0.15, -0.1) is 0 Å². The Morgan fingerprint density at radius 3 is 2.32 bits per heavy atom. The Kier molecular flexibility index (Phi) is 6.60. The summed E-state index contributed by atoms with van der Waals surface area (Å²) in [6.07, 6.45) is 0. The largest absolute Gasteiger partial charge is 0.362 e. The average Bonchev–Trinajstić information content (AvgIpc) is 2.41. The topological polar surface area (TPSA) is 58.6 Å². The maximum Gasteiger partial charge on any atom is 0.250 e. The number of hydrogen-bond acceptors (Lipinski definition) is 3. The van der Waals surface area contributed by atoms with Gasteiger partial charge in [-0.1, -0.05) is 18.2 Å². The molecule has 0 heterocycles. The molecule has 0 aliphatic carbocycles. The van der Waals surface area contributed by atoms with E-state index in [0.717, 1.165) is 0 Å². The Balaban J connectivity index is 2.26. The van der Waals surface area contributed by atoms with Crippen LogP contribution in [0.25, 0.3) is 0 Å². The van der Waals surface area contributed by atoms with Crippen LogP contribution >= 0.6 is 0 Å². The molecule has 0 atom stereocenters. The third-order valence-electron chi connectivity index (χ3n) is 2.63. The fourth-order valence-electron chi connectivity index (χ4n) is 1.62. The predicted octanol–water partition coefficient (Wildman–Crippen LogP) is 1.51. The Labute approximate surface area is 113 Å². The van der Waals surface area contributed by atoms with Crippen molar-refractivity contribution >= 4 is 17.5 Å². The van der Waals surface area contributed by atoms with Gasteiger partial charge in [0.2, 0.25) is 11.8 Å². The van der Waals surface area contributed by atoms with Crippen LogP contribution in [0.15, 0.2) is 30.3 Å². The van der Waals surface area contributed by atoms with Gasteiger partial charge in [-0.25, -0.2) is 0 Å². The van der Waals surface area contributed by atoms with E-state index in [1.54, 1.807) is 17.0 Å². The van der Waals surface area contributed by atoms with Gasteiger partial charge in [-0.2, -0.15) is 0 Å². The van der Waals surface area contributed by atoms with Crippen molar-refractivity contribution < 1.29 is 14.3 Å². The van der Waals surface area contributed by atoms with Gasteiger partial charge < -0.3 is 15.0 Å². The normalized spacial score (nSPS) is 10.0. The van der Waals surface area contributed by atoms with E-state index in [4.69, 9.17) is 4.74 Å². The number of hydrogen-bond donors (Lipinski definition) is 1. The van der Waals surface area contributed by atoms with Gasteiger partial charge in [0.15, 0.2) is 0 Å². The average molecular weight is 264 g/mol. The van der Waals surface area contributed by atoms with Crippen molar-refractivity contribution in [1.29, 1.82) is 0 Å². The number of nitrogens with one attached hydrogen (secondary N) is 1. The van der Waals surface area contributed by atoms with Gasteiger partial charge in [0, 0.05) is 18.8 Å². The number of amides is 2. The van der Waals surface area contributed by atoms with E-state index in [2.05, 4.69) is 5.32 Å². The van der Waals surface area contributed by atoms with E-state index in [1.807, 2.05) is 32.0 Å². The van der Waals surface area contributed by atoms with Crippen molar-refractivity contribution in [2.75, 3.05) is 31.6 Å². The molecular formula is C14H20N2O3. The maximum atomic E-state index is 11.6. The van der Waals surface area contributed by atoms with Crippen LogP contribution in [-0.4, -0.2) is 43.0 Å². The number of anilines is 1. The first-order valence-electron chi connectivity index (χ1n) is 6.37. The van der Waals surface area contributed by atoms with Crippen molar-refractivity contribution in [3.8, 4) is 0 Å². The van der Waals surface area contributed by atoms with Crippen LogP contribution in [-0.2, 0) is 14.3 Å². The summed E-state index contributed by atoms with van der Waals surface area (Å²) in [4.78, 5) is 24.8. The van der Waals surface area contributed by atoms with Crippen LogP contribution in [0, 0.1) is 0 Å². The van der Waals surface area contributed by atoms with Gasteiger partial charge in [0.25, 0.3) is 0 Å². The summed E-state index contributed by atoms with van der Waals surface area (Å²) < 4.78 is 5.11. The summed E-state index contributed by atoms with van der Waals surface area (Å²) in [5.74, 6) is -0.365. The standard InChI is InChI=1S/C14H20N2O3/c1-3-16(4-2)14(18)11-19-10-13(17)15-12-8-6-5-7-9-12/h5-9H,3-4,10-11H2,1-2H3,(H,15,17). The van der Waals surface area contributed by atoms with Crippen LogP contribution in [0.3, 0.4) is 0 Å². The number of carbonyl (C=O) groups is 2. The summed E-state index contributed by atoms with van der Waals surface area (Å²) >= 11 is 0. The zero-order valence-corrected chi connectivity index (χ0v) is 11.4. The van der Waals surface area contributed by atoms with Crippen LogP contribution in [0.1, 0.15) is 13.8 Å². The van der Waals surface area contributed by atoms with Crippen molar-refractivity contribution in [3.63, 3.8) is 0 Å². The summed E-state index contributed by atoms with van der Waals surface area (Å²) in [7, 11) is 0. The lowest BCUT2D eigenvalue weighted by Gasteiger charge is -2.18. The number of carbonyl (C=O) groups excluding carboxylic acids is 2. The van der Waals surface area contributed by atoms with Gasteiger partial charge >= 0.3 is 0 Å². The molecule has 104 valence electrons. The molecule has 0 bridgehead atoms. The molecule has 0 aromatic heterocycles. The monoisotopic (exact) mass is 264 g/mol. The van der Waals surface area contributed by atoms with Gasteiger partial charge in [0.1, 0.15) is 13.2 Å². The first-order chi connectivity index (χ1) is 9.17. The fourth-order valence-corrected chi connectivity index (χ4v) is 1.62. The number of para-hydroxylation sites is 1. The lowest BCUT2D eigenvalue weighted by Crippen LogP contribution is -2.34. The van der Waals surface area contributed by atoms with Crippen molar-refractivity contribution in [2.45, 2.75) is 13.8 Å². The Morgan fingerprint density at radius 1 is 1.11 bits per heavy atom. The second-order valence-electron chi connectivity index (χ2n) is 3.97. The molecule has 0 aliphatic rings. The molecule has 0 unspecified atom stereocenters. The summed E-state index contributed by atoms with van der Waals surface area (Å²) in [5, 5.41) is 2.68. The minimum absolute atomic E-state index is 0.0656. The van der Waals surface area contributed by atoms with Crippen molar-refractivity contribution in [3.05, 3.63) is 30.3 Å². The molecule has 0 saturated carbocycles. The lowest BCUT2D eigenvalue weighted by molar-refractivity contribution is -0.137. The van der Waals surface area contributed by atoms with Crippen LogP contribution in [0.2, 0.25) is 0 Å².